The molecule has 0 aromatic heterocycles. The summed E-state index contributed by atoms with van der Waals surface area (Å²) < 4.78 is 0. The number of carbonyl (C=O) groups excluding carboxylic acids is 3. The Labute approximate surface area is 171 Å². The summed E-state index contributed by atoms with van der Waals surface area (Å²) in [6, 6.07) is -0.695. The first-order valence-corrected chi connectivity index (χ1v) is 8.29. The SMILES string of the molecule is CC#CC#CC#CC#CC#CC#CC#CC(=O)C[C@@H](CO)C(=O)N[C@@H](C)C(C)=O. The standard InChI is InChI=1S/C24H17NO4/c1-4-5-6-7-8-9-10-11-12-13-14-15-16-17-23(28)18-22(19-26)24(29)25-20(2)21(3)27/h20,22,26H,18-19H2,1-3H3,(H,25,29)/t20-,22-/m0/s1. The highest BCUT2D eigenvalue weighted by atomic mass is 16.3. The lowest BCUT2D eigenvalue weighted by Gasteiger charge is -2.15. The third-order valence-corrected chi connectivity index (χ3v) is 3.01. The first-order chi connectivity index (χ1) is 13.9. The van der Waals surface area contributed by atoms with Crippen LogP contribution in [0.2, 0.25) is 0 Å². The molecule has 0 bridgehead atoms. The van der Waals surface area contributed by atoms with Crippen molar-refractivity contribution in [3.63, 3.8) is 0 Å². The van der Waals surface area contributed by atoms with Crippen molar-refractivity contribution in [3.05, 3.63) is 0 Å². The Morgan fingerprint density at radius 3 is 1.69 bits per heavy atom. The lowest BCUT2D eigenvalue weighted by molar-refractivity contribution is -0.132. The maximum atomic E-state index is 11.9. The van der Waals surface area contributed by atoms with Crippen LogP contribution in [0.3, 0.4) is 0 Å². The van der Waals surface area contributed by atoms with Gasteiger partial charge in [-0.1, -0.05) is 5.92 Å². The lowest BCUT2D eigenvalue weighted by atomic mass is 10.0. The largest absolute Gasteiger partial charge is 0.396 e. The predicted octanol–water partition coefficient (Wildman–Crippen LogP) is -0.309. The molecule has 29 heavy (non-hydrogen) atoms. The van der Waals surface area contributed by atoms with E-state index in [0.29, 0.717) is 0 Å². The van der Waals surface area contributed by atoms with Crippen LogP contribution in [0.5, 0.6) is 0 Å². The zero-order valence-corrected chi connectivity index (χ0v) is 16.2. The zero-order valence-electron chi connectivity index (χ0n) is 16.2. The molecule has 142 valence electrons. The van der Waals surface area contributed by atoms with Gasteiger partial charge in [0.25, 0.3) is 0 Å². The van der Waals surface area contributed by atoms with Crippen LogP contribution in [0.1, 0.15) is 27.2 Å². The first-order valence-electron chi connectivity index (χ1n) is 8.29. The number of hydrogen-bond acceptors (Lipinski definition) is 4. The van der Waals surface area contributed by atoms with E-state index in [1.165, 1.54) is 13.8 Å². The second-order valence-corrected chi connectivity index (χ2v) is 5.22. The number of nitrogens with one attached hydrogen (secondary N) is 1. The number of carbonyl (C=O) groups is 3. The van der Waals surface area contributed by atoms with Gasteiger partial charge in [0, 0.05) is 6.42 Å². The summed E-state index contributed by atoms with van der Waals surface area (Å²) in [5.41, 5.74) is 0. The normalized spacial score (nSPS) is 9.24. The van der Waals surface area contributed by atoms with E-state index in [4.69, 9.17) is 0 Å². The topological polar surface area (TPSA) is 83.5 Å². The maximum Gasteiger partial charge on any atom is 0.226 e. The van der Waals surface area contributed by atoms with Crippen molar-refractivity contribution in [2.45, 2.75) is 33.2 Å². The van der Waals surface area contributed by atoms with Crippen molar-refractivity contribution < 1.29 is 19.5 Å². The van der Waals surface area contributed by atoms with Crippen LogP contribution in [0, 0.1) is 88.8 Å². The van der Waals surface area contributed by atoms with Gasteiger partial charge in [-0.15, -0.1) is 0 Å². The van der Waals surface area contributed by atoms with Crippen LogP contribution < -0.4 is 5.32 Å². The van der Waals surface area contributed by atoms with E-state index in [1.54, 1.807) is 6.92 Å². The van der Waals surface area contributed by atoms with E-state index in [2.05, 4.69) is 88.2 Å². The Morgan fingerprint density at radius 2 is 1.28 bits per heavy atom. The molecule has 0 saturated carbocycles. The summed E-state index contributed by atoms with van der Waals surface area (Å²) in [5, 5.41) is 11.7. The van der Waals surface area contributed by atoms with Crippen molar-refractivity contribution >= 4 is 17.5 Å². The Morgan fingerprint density at radius 1 is 0.828 bits per heavy atom. The Balaban J connectivity index is 4.64. The van der Waals surface area contributed by atoms with Gasteiger partial charge in [-0.3, -0.25) is 14.4 Å². The van der Waals surface area contributed by atoms with Crippen LogP contribution in [0.4, 0.5) is 0 Å². The monoisotopic (exact) mass is 383 g/mol. The molecule has 0 rings (SSSR count). The average Bonchev–Trinajstić information content (AvgIpc) is 2.69. The van der Waals surface area contributed by atoms with Gasteiger partial charge in [-0.05, 0) is 97.7 Å². The van der Waals surface area contributed by atoms with Gasteiger partial charge in [0.15, 0.2) is 5.78 Å². The maximum absolute atomic E-state index is 11.9. The number of hydrogen-bond donors (Lipinski definition) is 2. The molecule has 0 fully saturated rings. The van der Waals surface area contributed by atoms with Gasteiger partial charge < -0.3 is 10.4 Å². The highest BCUT2D eigenvalue weighted by Crippen LogP contribution is 2.04. The minimum absolute atomic E-state index is 0.232. The van der Waals surface area contributed by atoms with E-state index in [0.717, 1.165) is 0 Å². The fraction of sp³-hybridized carbons (Fsp3) is 0.292. The van der Waals surface area contributed by atoms with Gasteiger partial charge in [0.1, 0.15) is 0 Å². The Hall–Kier alpha value is -4.31. The quantitative estimate of drug-likeness (QED) is 0.487. The summed E-state index contributed by atoms with van der Waals surface area (Å²) >= 11 is 0. The van der Waals surface area contributed by atoms with E-state index in [9.17, 15) is 19.5 Å². The molecule has 0 radical (unpaired) electrons. The number of aliphatic hydroxyl groups is 1. The highest BCUT2D eigenvalue weighted by molar-refractivity contribution is 5.99. The molecule has 2 atom stereocenters. The van der Waals surface area contributed by atoms with Crippen LogP contribution in [0.15, 0.2) is 0 Å². The molecule has 0 aromatic rings. The van der Waals surface area contributed by atoms with Crippen LogP contribution in [-0.2, 0) is 14.4 Å². The Bertz CT molecular complexity index is 1080. The summed E-state index contributed by atoms with van der Waals surface area (Å²) in [7, 11) is 0. The van der Waals surface area contributed by atoms with Gasteiger partial charge in [-0.25, -0.2) is 0 Å². The smallest absolute Gasteiger partial charge is 0.226 e. The molecule has 1 amide bonds. The summed E-state index contributed by atoms with van der Waals surface area (Å²) in [6.07, 6.45) is -0.288. The van der Waals surface area contributed by atoms with Crippen molar-refractivity contribution in [2.24, 2.45) is 5.92 Å². The fourth-order valence-corrected chi connectivity index (χ4v) is 1.42. The highest BCUT2D eigenvalue weighted by Gasteiger charge is 2.22. The summed E-state index contributed by atoms with van der Waals surface area (Å²) in [6.45, 7) is 3.97. The molecule has 0 saturated heterocycles. The second-order valence-electron chi connectivity index (χ2n) is 5.22. The van der Waals surface area contributed by atoms with Crippen LogP contribution in [0.25, 0.3) is 0 Å². The van der Waals surface area contributed by atoms with Gasteiger partial charge >= 0.3 is 0 Å². The van der Waals surface area contributed by atoms with Crippen molar-refractivity contribution in [1.29, 1.82) is 0 Å². The van der Waals surface area contributed by atoms with E-state index in [1.807, 2.05) is 0 Å². The number of ketones is 2. The number of aliphatic hydroxyl groups excluding tert-OH is 1. The van der Waals surface area contributed by atoms with Crippen molar-refractivity contribution in [2.75, 3.05) is 6.61 Å². The van der Waals surface area contributed by atoms with Gasteiger partial charge in [0.05, 0.1) is 18.6 Å². The minimum atomic E-state index is -0.985. The second kappa shape index (κ2) is 15.9. The lowest BCUT2D eigenvalue weighted by Crippen LogP contribution is -2.42. The summed E-state index contributed by atoms with van der Waals surface area (Å²) in [4.78, 5) is 34.8. The molecule has 0 aromatic carbocycles. The number of amides is 1. The molecule has 5 heteroatoms. The molecule has 2 N–H and O–H groups in total. The third kappa shape index (κ3) is 13.5. The zero-order chi connectivity index (χ0) is 21.9. The summed E-state index contributed by atoms with van der Waals surface area (Å²) in [5.74, 6) is 31.7. The Kier molecular flexibility index (Phi) is 13.5. The number of Topliss-reactive ketones (excluding diaryl/α,β-unsaturated/α-hetero) is 2. The first kappa shape index (κ1) is 24.7. The number of rotatable bonds is 6. The molecule has 0 aliphatic heterocycles. The molecule has 0 heterocycles. The minimum Gasteiger partial charge on any atom is -0.396 e. The molecule has 0 unspecified atom stereocenters. The van der Waals surface area contributed by atoms with Crippen molar-refractivity contribution in [3.8, 4) is 82.9 Å². The van der Waals surface area contributed by atoms with Gasteiger partial charge in [-0.2, -0.15) is 0 Å². The van der Waals surface area contributed by atoms with Crippen LogP contribution >= 0.6 is 0 Å². The fourth-order valence-electron chi connectivity index (χ4n) is 1.42. The van der Waals surface area contributed by atoms with Crippen LogP contribution in [-0.4, -0.2) is 35.2 Å². The molecule has 0 spiro atoms. The third-order valence-electron chi connectivity index (χ3n) is 3.01. The van der Waals surface area contributed by atoms with E-state index >= 15 is 0 Å². The van der Waals surface area contributed by atoms with E-state index in [-0.39, 0.29) is 12.2 Å². The molecular weight excluding hydrogens is 366 g/mol. The molecule has 0 aliphatic carbocycles. The van der Waals surface area contributed by atoms with Crippen molar-refractivity contribution in [1.82, 2.24) is 5.32 Å². The average molecular weight is 383 g/mol. The van der Waals surface area contributed by atoms with E-state index < -0.39 is 30.3 Å². The predicted molar refractivity (Wildman–Crippen MR) is 109 cm³/mol. The van der Waals surface area contributed by atoms with Gasteiger partial charge in [0.2, 0.25) is 11.7 Å². The molecular formula is C24H17NO4. The molecule has 0 aliphatic rings. The molecule has 5 nitrogen and oxygen atoms in total.